The third-order valence-corrected chi connectivity index (χ3v) is 3.59. The summed E-state index contributed by atoms with van der Waals surface area (Å²) in [6.45, 7) is 0. The van der Waals surface area contributed by atoms with Gasteiger partial charge in [-0.15, -0.1) is 0 Å². The normalized spacial score (nSPS) is 11.7. The van der Waals surface area contributed by atoms with Gasteiger partial charge in [-0.25, -0.2) is 0 Å². The van der Waals surface area contributed by atoms with E-state index in [1.54, 1.807) is 0 Å². The van der Waals surface area contributed by atoms with Gasteiger partial charge in [0.25, 0.3) is 0 Å². The average Bonchev–Trinajstić information content (AvgIpc) is 2.54. The zero-order valence-electron chi connectivity index (χ0n) is 12.6. The van der Waals surface area contributed by atoms with Crippen LogP contribution in [0.3, 0.4) is 0 Å². The van der Waals surface area contributed by atoms with Crippen molar-refractivity contribution < 1.29 is 32.7 Å². The molecule has 26 heavy (non-hydrogen) atoms. The second-order valence-corrected chi connectivity index (χ2v) is 5.27. The van der Waals surface area contributed by atoms with Gasteiger partial charge in [-0.3, -0.25) is 14.9 Å². The van der Waals surface area contributed by atoms with Crippen molar-refractivity contribution in [1.82, 2.24) is 0 Å². The number of phenolic OH excluding ortho intramolecular Hbond substituents is 2. The van der Waals surface area contributed by atoms with Gasteiger partial charge in [0.2, 0.25) is 11.2 Å². The van der Waals surface area contributed by atoms with Gasteiger partial charge in [0.05, 0.1) is 15.9 Å². The lowest BCUT2D eigenvalue weighted by Crippen LogP contribution is -2.16. The highest BCUT2D eigenvalue weighted by Crippen LogP contribution is 2.39. The van der Waals surface area contributed by atoms with Crippen molar-refractivity contribution in [3.63, 3.8) is 0 Å². The summed E-state index contributed by atoms with van der Waals surface area (Å²) in [5.41, 5.74) is -3.80. The first kappa shape index (κ1) is 17.3. The molecule has 0 fully saturated rings. The van der Waals surface area contributed by atoms with Crippen molar-refractivity contribution in [2.24, 2.45) is 0 Å². The lowest BCUT2D eigenvalue weighted by molar-refractivity contribution is -0.385. The molecule has 1 aromatic heterocycles. The fourth-order valence-electron chi connectivity index (χ4n) is 2.47. The van der Waals surface area contributed by atoms with E-state index in [0.29, 0.717) is 6.07 Å². The van der Waals surface area contributed by atoms with Crippen LogP contribution in [0.15, 0.2) is 45.6 Å². The first-order chi connectivity index (χ1) is 12.1. The molecule has 0 atom stereocenters. The van der Waals surface area contributed by atoms with Gasteiger partial charge in [0.1, 0.15) is 11.3 Å². The van der Waals surface area contributed by atoms with Gasteiger partial charge in [0.15, 0.2) is 5.75 Å². The van der Waals surface area contributed by atoms with Gasteiger partial charge in [-0.2, -0.15) is 13.2 Å². The van der Waals surface area contributed by atoms with Crippen molar-refractivity contribution in [2.75, 3.05) is 0 Å². The van der Waals surface area contributed by atoms with Crippen LogP contribution in [0.1, 0.15) is 5.76 Å². The van der Waals surface area contributed by atoms with Crippen molar-refractivity contribution >= 4 is 16.7 Å². The molecule has 0 aliphatic carbocycles. The van der Waals surface area contributed by atoms with Crippen LogP contribution in [-0.4, -0.2) is 15.1 Å². The summed E-state index contributed by atoms with van der Waals surface area (Å²) >= 11 is 0. The summed E-state index contributed by atoms with van der Waals surface area (Å²) in [5, 5.41) is 29.5. The maximum absolute atomic E-state index is 13.4. The molecule has 0 bridgehead atoms. The van der Waals surface area contributed by atoms with E-state index >= 15 is 0 Å². The van der Waals surface area contributed by atoms with E-state index in [0.717, 1.165) is 30.3 Å². The number of hydrogen-bond acceptors (Lipinski definition) is 6. The Kier molecular flexibility index (Phi) is 3.82. The largest absolute Gasteiger partial charge is 0.508 e. The number of phenols is 2. The van der Waals surface area contributed by atoms with Crippen LogP contribution in [0.5, 0.6) is 11.5 Å². The molecule has 0 spiro atoms. The zero-order chi connectivity index (χ0) is 19.2. The molecule has 3 rings (SSSR count). The minimum absolute atomic E-state index is 0.249. The van der Waals surface area contributed by atoms with Crippen LogP contribution in [0.25, 0.3) is 22.1 Å². The highest BCUT2D eigenvalue weighted by Gasteiger charge is 2.39. The minimum Gasteiger partial charge on any atom is -0.508 e. The summed E-state index contributed by atoms with van der Waals surface area (Å²) in [6.07, 6.45) is -5.08. The van der Waals surface area contributed by atoms with E-state index < -0.39 is 56.2 Å². The number of benzene rings is 2. The van der Waals surface area contributed by atoms with Crippen LogP contribution in [-0.2, 0) is 6.18 Å². The number of hydrogen-bond donors (Lipinski definition) is 2. The lowest BCUT2D eigenvalue weighted by Gasteiger charge is -2.13. The molecule has 0 aliphatic rings. The first-order valence-electron chi connectivity index (χ1n) is 6.94. The molecule has 0 saturated carbocycles. The van der Waals surface area contributed by atoms with Gasteiger partial charge >= 0.3 is 11.9 Å². The lowest BCUT2D eigenvalue weighted by atomic mass is 10.0. The maximum Gasteiger partial charge on any atom is 0.450 e. The number of nitro groups is 1. The van der Waals surface area contributed by atoms with E-state index in [1.807, 2.05) is 0 Å². The highest BCUT2D eigenvalue weighted by atomic mass is 19.4. The number of aromatic hydroxyl groups is 2. The monoisotopic (exact) mass is 367 g/mol. The molecule has 0 unspecified atom stereocenters. The van der Waals surface area contributed by atoms with Crippen molar-refractivity contribution in [3.05, 3.63) is 62.5 Å². The number of nitrogens with zero attached hydrogens (tertiary/aromatic N) is 1. The van der Waals surface area contributed by atoms with E-state index in [9.17, 15) is 38.3 Å². The molecule has 0 aliphatic heterocycles. The Morgan fingerprint density at radius 3 is 2.38 bits per heavy atom. The Morgan fingerprint density at radius 2 is 1.77 bits per heavy atom. The predicted molar refractivity (Wildman–Crippen MR) is 82.9 cm³/mol. The minimum atomic E-state index is -5.08. The summed E-state index contributed by atoms with van der Waals surface area (Å²) < 4.78 is 45.0. The van der Waals surface area contributed by atoms with Gasteiger partial charge in [-0.1, -0.05) is 0 Å². The Hall–Kier alpha value is -3.56. The van der Waals surface area contributed by atoms with Gasteiger partial charge in [0, 0.05) is 12.1 Å². The van der Waals surface area contributed by atoms with Crippen LogP contribution in [0.4, 0.5) is 18.9 Å². The average molecular weight is 367 g/mol. The fraction of sp³-hybridized carbons (Fsp3) is 0.0625. The number of rotatable bonds is 2. The van der Waals surface area contributed by atoms with Gasteiger partial charge in [-0.05, 0) is 29.8 Å². The van der Waals surface area contributed by atoms with Crippen LogP contribution >= 0.6 is 0 Å². The van der Waals surface area contributed by atoms with Crippen molar-refractivity contribution in [2.45, 2.75) is 6.18 Å². The van der Waals surface area contributed by atoms with Crippen LogP contribution < -0.4 is 5.43 Å². The number of fused-ring (bicyclic) bond motifs is 1. The Bertz CT molecular complexity index is 1100. The number of nitro benzene ring substituents is 1. The highest BCUT2D eigenvalue weighted by molar-refractivity contribution is 5.84. The summed E-state index contributed by atoms with van der Waals surface area (Å²) in [5.74, 6) is -2.83. The van der Waals surface area contributed by atoms with E-state index in [1.165, 1.54) is 0 Å². The fourth-order valence-corrected chi connectivity index (χ4v) is 2.47. The third-order valence-electron chi connectivity index (χ3n) is 3.59. The predicted octanol–water partition coefficient (Wildman–Crippen LogP) is 3.80. The molecular formula is C16H8F3NO6. The Morgan fingerprint density at radius 1 is 1.08 bits per heavy atom. The summed E-state index contributed by atoms with van der Waals surface area (Å²) in [7, 11) is 0. The quantitative estimate of drug-likeness (QED) is 0.526. The topological polar surface area (TPSA) is 114 Å². The smallest absolute Gasteiger partial charge is 0.450 e. The summed E-state index contributed by atoms with van der Waals surface area (Å²) in [6, 6.07) is 5.44. The maximum atomic E-state index is 13.4. The molecule has 0 saturated heterocycles. The van der Waals surface area contributed by atoms with Crippen molar-refractivity contribution in [1.29, 1.82) is 0 Å². The molecule has 134 valence electrons. The molecule has 3 aromatic rings. The zero-order valence-corrected chi connectivity index (χ0v) is 12.6. The Labute approximate surface area is 141 Å². The van der Waals surface area contributed by atoms with E-state index in [-0.39, 0.29) is 5.39 Å². The third kappa shape index (κ3) is 2.81. The van der Waals surface area contributed by atoms with Gasteiger partial charge < -0.3 is 14.6 Å². The molecule has 7 nitrogen and oxygen atoms in total. The SMILES string of the molecule is O=c1c(-c2ccc(O)c([N+](=O)[O-])c2)c(C(F)(F)F)oc2cc(O)ccc12. The molecule has 10 heteroatoms. The standard InChI is InChI=1S/C16H8F3NO6/c17-16(18,19)15-13(7-1-4-11(22)10(5-7)20(24)25)14(23)9-3-2-8(21)6-12(9)26-15/h1-6,21-22H. The van der Waals surface area contributed by atoms with E-state index in [4.69, 9.17) is 4.42 Å². The Balaban J connectivity index is 2.44. The molecule has 0 amide bonds. The number of halogens is 3. The molecule has 0 radical (unpaired) electrons. The molecule has 2 N–H and O–H groups in total. The van der Waals surface area contributed by atoms with Crippen LogP contribution in [0.2, 0.25) is 0 Å². The summed E-state index contributed by atoms with van der Waals surface area (Å²) in [4.78, 5) is 22.5. The first-order valence-corrected chi connectivity index (χ1v) is 6.94. The van der Waals surface area contributed by atoms with Crippen molar-refractivity contribution in [3.8, 4) is 22.6 Å². The second kappa shape index (κ2) is 5.76. The van der Waals surface area contributed by atoms with E-state index in [2.05, 4.69) is 0 Å². The molecular weight excluding hydrogens is 359 g/mol. The van der Waals surface area contributed by atoms with Crippen LogP contribution in [0, 0.1) is 10.1 Å². The molecule has 1 heterocycles. The number of alkyl halides is 3. The molecule has 2 aromatic carbocycles. The second-order valence-electron chi connectivity index (χ2n) is 5.27.